The number of hydrogen-bond acceptors (Lipinski definition) is 3. The van der Waals surface area contributed by atoms with Crippen LogP contribution >= 0.6 is 35.7 Å². The Kier molecular flexibility index (Phi) is 9.44. The van der Waals surface area contributed by atoms with Crippen molar-refractivity contribution in [3.63, 3.8) is 0 Å². The summed E-state index contributed by atoms with van der Waals surface area (Å²) in [4.78, 5) is 4.18. The molecular weight excluding hydrogens is 349 g/mol. The van der Waals surface area contributed by atoms with Gasteiger partial charge in [0.25, 0.3) is 0 Å². The Morgan fingerprint density at radius 2 is 2.24 bits per heavy atom. The molecule has 0 aromatic heterocycles. The predicted molar refractivity (Wildman–Crippen MR) is 86.8 cm³/mol. The first kappa shape index (κ1) is 17.3. The molecule has 1 saturated heterocycles. The van der Waals surface area contributed by atoms with E-state index in [9.17, 15) is 0 Å². The number of methoxy groups -OCH3 is 1. The third kappa shape index (κ3) is 6.71. The summed E-state index contributed by atoms with van der Waals surface area (Å²) < 4.78 is 5.36. The van der Waals surface area contributed by atoms with Gasteiger partial charge in [0.1, 0.15) is 0 Å². The molecule has 1 atom stereocenters. The van der Waals surface area contributed by atoms with Crippen molar-refractivity contribution in [1.29, 1.82) is 0 Å². The number of thioether (sulfide) groups is 1. The molecule has 0 radical (unpaired) electrons. The second kappa shape index (κ2) is 9.27. The maximum absolute atomic E-state index is 4.99. The monoisotopic (exact) mass is 373 g/mol. The van der Waals surface area contributed by atoms with E-state index in [4.69, 9.17) is 4.74 Å². The number of aliphatic imine (C=N–C) groups is 1. The first-order chi connectivity index (χ1) is 7.70. The Labute approximate surface area is 126 Å². The van der Waals surface area contributed by atoms with E-state index in [0.29, 0.717) is 11.4 Å². The lowest BCUT2D eigenvalue weighted by Crippen LogP contribution is -2.44. The Hall–Kier alpha value is 0.310. The fraction of sp³-hybridized carbons (Fsp3) is 0.909. The molecule has 0 saturated carbocycles. The van der Waals surface area contributed by atoms with Crippen molar-refractivity contribution in [2.24, 2.45) is 4.99 Å². The van der Waals surface area contributed by atoms with Crippen LogP contribution in [-0.2, 0) is 4.74 Å². The zero-order valence-corrected chi connectivity index (χ0v) is 14.1. The summed E-state index contributed by atoms with van der Waals surface area (Å²) >= 11 is 2.06. The van der Waals surface area contributed by atoms with Crippen LogP contribution in [0.1, 0.15) is 19.8 Å². The Bertz CT molecular complexity index is 233. The van der Waals surface area contributed by atoms with Crippen LogP contribution in [0.15, 0.2) is 4.99 Å². The van der Waals surface area contributed by atoms with E-state index < -0.39 is 0 Å². The number of rotatable bonds is 5. The van der Waals surface area contributed by atoms with Gasteiger partial charge in [-0.3, -0.25) is 4.99 Å². The highest BCUT2D eigenvalue weighted by molar-refractivity contribution is 14.0. The highest BCUT2D eigenvalue weighted by Gasteiger charge is 2.29. The lowest BCUT2D eigenvalue weighted by Gasteiger charge is -2.24. The normalized spacial score (nSPS) is 24.3. The molecule has 1 unspecified atom stereocenters. The van der Waals surface area contributed by atoms with Crippen molar-refractivity contribution >= 4 is 41.7 Å². The maximum atomic E-state index is 4.99. The molecule has 2 N–H and O–H groups in total. The summed E-state index contributed by atoms with van der Waals surface area (Å²) in [6, 6.07) is 0. The van der Waals surface area contributed by atoms with Crippen molar-refractivity contribution < 1.29 is 4.74 Å². The van der Waals surface area contributed by atoms with E-state index in [1.807, 2.05) is 0 Å². The van der Waals surface area contributed by atoms with Gasteiger partial charge in [0, 0.05) is 32.0 Å². The quantitative estimate of drug-likeness (QED) is 0.333. The van der Waals surface area contributed by atoms with Gasteiger partial charge in [-0.15, -0.1) is 24.0 Å². The van der Waals surface area contributed by atoms with E-state index in [2.05, 4.69) is 34.3 Å². The number of ether oxygens (including phenoxy) is 1. The lowest BCUT2D eigenvalue weighted by atomic mass is 10.1. The third-order valence-electron chi connectivity index (χ3n) is 2.75. The zero-order valence-electron chi connectivity index (χ0n) is 10.9. The van der Waals surface area contributed by atoms with Gasteiger partial charge in [-0.05, 0) is 25.5 Å². The van der Waals surface area contributed by atoms with Gasteiger partial charge >= 0.3 is 0 Å². The fourth-order valence-electron chi connectivity index (χ4n) is 1.74. The SMILES string of the molecule is CN=C(NCCOC)NCC1(C)CCCS1.I. The molecule has 0 aromatic rings. The van der Waals surface area contributed by atoms with Crippen molar-refractivity contribution in [3.05, 3.63) is 0 Å². The van der Waals surface area contributed by atoms with Crippen LogP contribution in [0.2, 0.25) is 0 Å². The first-order valence-corrected chi connectivity index (χ1v) is 6.76. The second-order valence-electron chi connectivity index (χ2n) is 4.25. The summed E-state index contributed by atoms with van der Waals surface area (Å²) in [6.07, 6.45) is 2.62. The zero-order chi connectivity index (χ0) is 11.9. The van der Waals surface area contributed by atoms with E-state index in [0.717, 1.165) is 19.0 Å². The minimum absolute atomic E-state index is 0. The maximum Gasteiger partial charge on any atom is 0.191 e. The molecule has 1 aliphatic heterocycles. The lowest BCUT2D eigenvalue weighted by molar-refractivity contribution is 0.203. The van der Waals surface area contributed by atoms with Gasteiger partial charge in [0.05, 0.1) is 6.61 Å². The second-order valence-corrected chi connectivity index (χ2v) is 5.93. The van der Waals surface area contributed by atoms with Crippen LogP contribution in [0.25, 0.3) is 0 Å². The third-order valence-corrected chi connectivity index (χ3v) is 4.29. The standard InChI is InChI=1S/C11H23N3OS.HI/c1-11(5-4-8-16-11)9-14-10(12-2)13-6-7-15-3;/h4-9H2,1-3H3,(H2,12,13,14);1H. The highest BCUT2D eigenvalue weighted by atomic mass is 127. The molecule has 1 aliphatic rings. The molecule has 102 valence electrons. The van der Waals surface area contributed by atoms with E-state index in [1.165, 1.54) is 18.6 Å². The molecule has 1 rings (SSSR count). The van der Waals surface area contributed by atoms with Gasteiger partial charge in [-0.25, -0.2) is 0 Å². The molecule has 0 amide bonds. The van der Waals surface area contributed by atoms with E-state index >= 15 is 0 Å². The average molecular weight is 373 g/mol. The van der Waals surface area contributed by atoms with E-state index in [1.54, 1.807) is 14.2 Å². The van der Waals surface area contributed by atoms with E-state index in [-0.39, 0.29) is 24.0 Å². The largest absolute Gasteiger partial charge is 0.383 e. The Morgan fingerprint density at radius 3 is 2.76 bits per heavy atom. The number of halogens is 1. The van der Waals surface area contributed by atoms with Crippen molar-refractivity contribution in [2.45, 2.75) is 24.5 Å². The Morgan fingerprint density at radius 1 is 1.47 bits per heavy atom. The highest BCUT2D eigenvalue weighted by Crippen LogP contribution is 2.36. The molecule has 1 heterocycles. The number of nitrogens with one attached hydrogen (secondary N) is 2. The van der Waals surface area contributed by atoms with Gasteiger partial charge in [-0.2, -0.15) is 11.8 Å². The molecular formula is C11H24IN3OS. The number of nitrogens with zero attached hydrogens (tertiary/aromatic N) is 1. The van der Waals surface area contributed by atoms with Gasteiger partial charge in [0.15, 0.2) is 5.96 Å². The molecule has 0 aromatic carbocycles. The molecule has 17 heavy (non-hydrogen) atoms. The smallest absolute Gasteiger partial charge is 0.191 e. The summed E-state index contributed by atoms with van der Waals surface area (Å²) in [7, 11) is 3.50. The van der Waals surface area contributed by atoms with Crippen molar-refractivity contribution in [3.8, 4) is 0 Å². The van der Waals surface area contributed by atoms with Crippen LogP contribution in [0.5, 0.6) is 0 Å². The summed E-state index contributed by atoms with van der Waals surface area (Å²) in [5.41, 5.74) is 0. The molecule has 0 spiro atoms. The first-order valence-electron chi connectivity index (χ1n) is 5.77. The molecule has 1 fully saturated rings. The van der Waals surface area contributed by atoms with Gasteiger partial charge in [-0.1, -0.05) is 0 Å². The Balaban J connectivity index is 0.00000256. The minimum atomic E-state index is 0. The predicted octanol–water partition coefficient (Wildman–Crippen LogP) is 1.70. The van der Waals surface area contributed by atoms with Gasteiger partial charge < -0.3 is 15.4 Å². The van der Waals surface area contributed by atoms with Crippen molar-refractivity contribution in [1.82, 2.24) is 10.6 Å². The van der Waals surface area contributed by atoms with Crippen LogP contribution in [-0.4, -0.2) is 50.3 Å². The van der Waals surface area contributed by atoms with Crippen molar-refractivity contribution in [2.75, 3.05) is 39.6 Å². The molecule has 6 heteroatoms. The van der Waals surface area contributed by atoms with Crippen LogP contribution in [0.3, 0.4) is 0 Å². The molecule has 0 bridgehead atoms. The fourth-order valence-corrected chi connectivity index (χ4v) is 2.98. The van der Waals surface area contributed by atoms with Crippen LogP contribution in [0, 0.1) is 0 Å². The molecule has 0 aliphatic carbocycles. The topological polar surface area (TPSA) is 45.7 Å². The summed E-state index contributed by atoms with van der Waals surface area (Å²) in [6.45, 7) is 4.79. The average Bonchev–Trinajstić information content (AvgIpc) is 2.71. The number of guanidine groups is 1. The molecule has 4 nitrogen and oxygen atoms in total. The van der Waals surface area contributed by atoms with Crippen LogP contribution < -0.4 is 10.6 Å². The van der Waals surface area contributed by atoms with Crippen LogP contribution in [0.4, 0.5) is 0 Å². The minimum Gasteiger partial charge on any atom is -0.383 e. The summed E-state index contributed by atoms with van der Waals surface area (Å²) in [5, 5.41) is 6.59. The summed E-state index contributed by atoms with van der Waals surface area (Å²) in [5.74, 6) is 2.15. The number of hydrogen-bond donors (Lipinski definition) is 2. The van der Waals surface area contributed by atoms with Gasteiger partial charge in [0.2, 0.25) is 0 Å².